The van der Waals surface area contributed by atoms with Gasteiger partial charge in [-0.05, 0) is 24.3 Å². The molecule has 2 rings (SSSR count). The van der Waals surface area contributed by atoms with Crippen molar-refractivity contribution in [3.63, 3.8) is 0 Å². The fourth-order valence-corrected chi connectivity index (χ4v) is 1.40. The summed E-state index contributed by atoms with van der Waals surface area (Å²) in [7, 11) is -3.25. The van der Waals surface area contributed by atoms with Gasteiger partial charge in [0.2, 0.25) is 0 Å². The highest BCUT2D eigenvalue weighted by Gasteiger charge is 2.32. The van der Waals surface area contributed by atoms with Crippen LogP contribution >= 0.6 is 0 Å². The van der Waals surface area contributed by atoms with Crippen LogP contribution in [0.1, 0.15) is 0 Å². The highest BCUT2D eigenvalue weighted by atomic mass is 16.8. The molecular weight excluding hydrogens is 246 g/mol. The average molecular weight is 258 g/mol. The quantitative estimate of drug-likeness (QED) is 0.759. The Balaban J connectivity index is 2.03. The van der Waals surface area contributed by atoms with E-state index in [1.807, 2.05) is 12.1 Å². The van der Waals surface area contributed by atoms with Crippen molar-refractivity contribution in [2.45, 2.75) is 0 Å². The number of rotatable bonds is 6. The maximum atomic E-state index is 8.85. The van der Waals surface area contributed by atoms with Crippen molar-refractivity contribution in [3.8, 4) is 11.5 Å². The highest BCUT2D eigenvalue weighted by molar-refractivity contribution is 6.51. The van der Waals surface area contributed by atoms with Gasteiger partial charge in [0.15, 0.2) is 0 Å². The molecule has 0 aromatic heterocycles. The summed E-state index contributed by atoms with van der Waals surface area (Å²) in [5.41, 5.74) is 0. The van der Waals surface area contributed by atoms with Crippen molar-refractivity contribution in [1.29, 1.82) is 0 Å². The van der Waals surface area contributed by atoms with Gasteiger partial charge in [-0.15, -0.1) is 0 Å². The van der Waals surface area contributed by atoms with Crippen molar-refractivity contribution >= 4 is 14.6 Å². The Morgan fingerprint density at radius 2 is 1.11 bits per heavy atom. The first-order valence-corrected chi connectivity index (χ1v) is 5.69. The number of hydrogen-bond donors (Lipinski definition) is 2. The van der Waals surface area contributed by atoms with Crippen molar-refractivity contribution in [2.75, 3.05) is 0 Å². The summed E-state index contributed by atoms with van der Waals surface area (Å²) in [6, 6.07) is 17.6. The zero-order valence-corrected chi connectivity index (χ0v) is 10.0. The molecule has 2 aromatic carbocycles. The van der Waals surface area contributed by atoms with E-state index in [9.17, 15) is 0 Å². The molecule has 0 saturated heterocycles. The van der Waals surface area contributed by atoms with E-state index in [1.165, 1.54) is 0 Å². The predicted molar refractivity (Wildman–Crippen MR) is 71.2 cm³/mol. The standard InChI is InChI=1S/C12H12B2O5/c15-13(16)19-14(17-11-7-3-1-4-8-11)18-12-9-5-2-6-10-12/h1-10,15-16H. The van der Waals surface area contributed by atoms with E-state index < -0.39 is 14.6 Å². The van der Waals surface area contributed by atoms with Gasteiger partial charge < -0.3 is 23.9 Å². The molecule has 0 radical (unpaired) electrons. The Morgan fingerprint density at radius 3 is 1.47 bits per heavy atom. The summed E-state index contributed by atoms with van der Waals surface area (Å²) in [6.45, 7) is 0. The molecule has 2 N–H and O–H groups in total. The Kier molecular flexibility index (Phi) is 4.85. The smallest absolute Gasteiger partial charge is 0.502 e. The molecule has 0 aliphatic carbocycles. The Bertz CT molecular complexity index is 438. The van der Waals surface area contributed by atoms with Crippen LogP contribution in [0.25, 0.3) is 0 Å². The lowest BCUT2D eigenvalue weighted by Gasteiger charge is -2.15. The topological polar surface area (TPSA) is 68.2 Å². The minimum atomic E-state index is -1.99. The van der Waals surface area contributed by atoms with Crippen molar-refractivity contribution < 1.29 is 23.9 Å². The molecule has 5 nitrogen and oxygen atoms in total. The molecule has 0 heterocycles. The second-order valence-electron chi connectivity index (χ2n) is 3.61. The van der Waals surface area contributed by atoms with E-state index in [2.05, 4.69) is 0 Å². The van der Waals surface area contributed by atoms with Crippen LogP contribution in [-0.4, -0.2) is 24.7 Å². The zero-order valence-electron chi connectivity index (χ0n) is 10.0. The first kappa shape index (κ1) is 13.5. The number of benzene rings is 2. The molecule has 0 aliphatic heterocycles. The van der Waals surface area contributed by atoms with Crippen LogP contribution in [0.4, 0.5) is 0 Å². The molecule has 0 aliphatic rings. The van der Waals surface area contributed by atoms with E-state index in [0.717, 1.165) is 0 Å². The van der Waals surface area contributed by atoms with Gasteiger partial charge >= 0.3 is 14.6 Å². The fraction of sp³-hybridized carbons (Fsp3) is 0. The maximum absolute atomic E-state index is 8.85. The van der Waals surface area contributed by atoms with Crippen LogP contribution in [0, 0.1) is 0 Å². The second kappa shape index (κ2) is 6.84. The molecule has 96 valence electrons. The van der Waals surface area contributed by atoms with Crippen LogP contribution < -0.4 is 9.31 Å². The van der Waals surface area contributed by atoms with Gasteiger partial charge in [-0.2, -0.15) is 0 Å². The van der Waals surface area contributed by atoms with Crippen LogP contribution in [-0.2, 0) is 4.57 Å². The lowest BCUT2D eigenvalue weighted by atomic mass is 10.1. The average Bonchev–Trinajstić information content (AvgIpc) is 2.40. The van der Waals surface area contributed by atoms with Crippen LogP contribution in [0.2, 0.25) is 0 Å². The van der Waals surface area contributed by atoms with Crippen LogP contribution in [0.15, 0.2) is 60.7 Å². The maximum Gasteiger partial charge on any atom is 0.776 e. The van der Waals surface area contributed by atoms with Crippen molar-refractivity contribution in [3.05, 3.63) is 60.7 Å². The van der Waals surface area contributed by atoms with Gasteiger partial charge in [0.25, 0.3) is 0 Å². The first-order valence-electron chi connectivity index (χ1n) is 5.69. The molecule has 2 aromatic rings. The van der Waals surface area contributed by atoms with Crippen molar-refractivity contribution in [2.24, 2.45) is 0 Å². The van der Waals surface area contributed by atoms with Gasteiger partial charge in [-0.1, -0.05) is 36.4 Å². The minimum Gasteiger partial charge on any atom is -0.502 e. The first-order chi connectivity index (χ1) is 9.24. The highest BCUT2D eigenvalue weighted by Crippen LogP contribution is 2.14. The van der Waals surface area contributed by atoms with Gasteiger partial charge in [0.1, 0.15) is 11.5 Å². The Hall–Kier alpha value is -1.95. The number of hydrogen-bond acceptors (Lipinski definition) is 5. The molecule has 0 saturated carbocycles. The SMILES string of the molecule is OB(O)OB(Oc1ccccc1)Oc1ccccc1. The molecule has 0 fully saturated rings. The lowest BCUT2D eigenvalue weighted by molar-refractivity contribution is 0.224. The van der Waals surface area contributed by atoms with E-state index in [1.54, 1.807) is 48.5 Å². The Labute approximate surface area is 111 Å². The number of para-hydroxylation sites is 2. The zero-order chi connectivity index (χ0) is 13.5. The molecule has 0 unspecified atom stereocenters. The summed E-state index contributed by atoms with van der Waals surface area (Å²) < 4.78 is 15.5. The van der Waals surface area contributed by atoms with Crippen LogP contribution in [0.5, 0.6) is 11.5 Å². The van der Waals surface area contributed by atoms with E-state index in [-0.39, 0.29) is 0 Å². The summed E-state index contributed by atoms with van der Waals surface area (Å²) >= 11 is 0. The van der Waals surface area contributed by atoms with Gasteiger partial charge in [-0.3, -0.25) is 0 Å². The minimum absolute atomic E-state index is 0.490. The third kappa shape index (κ3) is 4.67. The normalized spacial score (nSPS) is 9.79. The summed E-state index contributed by atoms with van der Waals surface area (Å²) in [5, 5.41) is 17.7. The Morgan fingerprint density at radius 1 is 0.684 bits per heavy atom. The predicted octanol–water partition coefficient (Wildman–Crippen LogP) is 1.12. The third-order valence-electron chi connectivity index (χ3n) is 2.18. The summed E-state index contributed by atoms with van der Waals surface area (Å²) in [6.07, 6.45) is 0. The van der Waals surface area contributed by atoms with Gasteiger partial charge in [-0.25, -0.2) is 0 Å². The molecule has 19 heavy (non-hydrogen) atoms. The molecule has 0 atom stereocenters. The summed E-state index contributed by atoms with van der Waals surface area (Å²) in [5.74, 6) is 0.980. The summed E-state index contributed by atoms with van der Waals surface area (Å²) in [4.78, 5) is 0. The monoisotopic (exact) mass is 258 g/mol. The van der Waals surface area contributed by atoms with Crippen LogP contribution in [0.3, 0.4) is 0 Å². The van der Waals surface area contributed by atoms with E-state index in [4.69, 9.17) is 23.9 Å². The van der Waals surface area contributed by atoms with Crippen molar-refractivity contribution in [1.82, 2.24) is 0 Å². The lowest BCUT2D eigenvalue weighted by Crippen LogP contribution is -2.39. The largest absolute Gasteiger partial charge is 0.776 e. The third-order valence-corrected chi connectivity index (χ3v) is 2.18. The van der Waals surface area contributed by atoms with Gasteiger partial charge in [0, 0.05) is 0 Å². The molecule has 7 heteroatoms. The molecule has 0 spiro atoms. The molecule has 0 amide bonds. The van der Waals surface area contributed by atoms with E-state index >= 15 is 0 Å². The molecular formula is C12H12B2O5. The van der Waals surface area contributed by atoms with E-state index in [0.29, 0.717) is 11.5 Å². The fourth-order valence-electron chi connectivity index (χ4n) is 1.40. The second-order valence-corrected chi connectivity index (χ2v) is 3.61. The molecule has 0 bridgehead atoms. The van der Waals surface area contributed by atoms with Gasteiger partial charge in [0.05, 0.1) is 0 Å².